The second kappa shape index (κ2) is 10.6. The van der Waals surface area contributed by atoms with Crippen molar-refractivity contribution in [3.8, 4) is 0 Å². The average Bonchev–Trinajstić information content (AvgIpc) is 2.71. The van der Waals surface area contributed by atoms with Crippen molar-refractivity contribution in [1.82, 2.24) is 10.2 Å². The van der Waals surface area contributed by atoms with Gasteiger partial charge >= 0.3 is 0 Å². The van der Waals surface area contributed by atoms with E-state index < -0.39 is 6.04 Å². The number of aryl methyl sites for hydroxylation is 1. The minimum Gasteiger partial charge on any atom is -0.352 e. The van der Waals surface area contributed by atoms with Crippen LogP contribution in [0.4, 0.5) is 0 Å². The Balaban J connectivity index is 2.37. The van der Waals surface area contributed by atoms with Crippen molar-refractivity contribution < 1.29 is 9.59 Å². The van der Waals surface area contributed by atoms with Crippen molar-refractivity contribution in [2.75, 3.05) is 0 Å². The number of hydrogen-bond donors (Lipinski definition) is 1. The smallest absolute Gasteiger partial charge is 0.243 e. The molecular formula is C24H32N2O2. The normalized spacial score (nSPS) is 12.9. The third-order valence-corrected chi connectivity index (χ3v) is 5.18. The minimum absolute atomic E-state index is 0.0107. The zero-order valence-corrected chi connectivity index (χ0v) is 17.4. The lowest BCUT2D eigenvalue weighted by atomic mass is 10.0. The number of carbonyl (C=O) groups excluding carboxylic acids is 2. The number of amides is 2. The molecule has 2 aromatic carbocycles. The average molecular weight is 381 g/mol. The van der Waals surface area contributed by atoms with Gasteiger partial charge in [-0.15, -0.1) is 0 Å². The molecule has 0 spiro atoms. The second-order valence-corrected chi connectivity index (χ2v) is 7.33. The molecule has 0 aromatic heterocycles. The van der Waals surface area contributed by atoms with Crippen LogP contribution in [0.2, 0.25) is 0 Å². The van der Waals surface area contributed by atoms with Gasteiger partial charge in [-0.1, -0.05) is 68.4 Å². The standard InChI is InChI=1S/C24H32N2O2/c1-5-19(4)25-24(28)22(16-20-13-8-7-9-14-20)26(23(27)6-2)17-21-15-11-10-12-18(21)3/h7-15,19,22H,5-6,16-17H2,1-4H3,(H,25,28)/t19-,22+/m1/s1. The highest BCUT2D eigenvalue weighted by molar-refractivity contribution is 5.88. The van der Waals surface area contributed by atoms with Crippen molar-refractivity contribution in [2.24, 2.45) is 0 Å². The summed E-state index contributed by atoms with van der Waals surface area (Å²) in [4.78, 5) is 27.8. The predicted molar refractivity (Wildman–Crippen MR) is 114 cm³/mol. The van der Waals surface area contributed by atoms with Gasteiger partial charge in [0, 0.05) is 25.4 Å². The molecule has 2 amide bonds. The van der Waals surface area contributed by atoms with Crippen LogP contribution in [-0.4, -0.2) is 28.8 Å². The first kappa shape index (κ1) is 21.7. The Morgan fingerprint density at radius 1 is 1.00 bits per heavy atom. The predicted octanol–water partition coefficient (Wildman–Crippen LogP) is 4.26. The summed E-state index contributed by atoms with van der Waals surface area (Å²) in [5.41, 5.74) is 3.24. The summed E-state index contributed by atoms with van der Waals surface area (Å²) in [6, 6.07) is 17.5. The van der Waals surface area contributed by atoms with Crippen molar-refractivity contribution in [3.63, 3.8) is 0 Å². The van der Waals surface area contributed by atoms with Crippen LogP contribution >= 0.6 is 0 Å². The van der Waals surface area contributed by atoms with Gasteiger partial charge in [-0.3, -0.25) is 9.59 Å². The number of benzene rings is 2. The highest BCUT2D eigenvalue weighted by Gasteiger charge is 2.30. The SMILES string of the molecule is CCC(=O)N(Cc1ccccc1C)[C@@H](Cc1ccccc1)C(=O)N[C@H](C)CC. The fourth-order valence-corrected chi connectivity index (χ4v) is 3.17. The Morgan fingerprint density at radius 2 is 1.64 bits per heavy atom. The summed E-state index contributed by atoms with van der Waals surface area (Å²) < 4.78 is 0. The van der Waals surface area contributed by atoms with Gasteiger partial charge in [0.2, 0.25) is 11.8 Å². The maximum absolute atomic E-state index is 13.1. The van der Waals surface area contributed by atoms with E-state index in [2.05, 4.69) is 5.32 Å². The van der Waals surface area contributed by atoms with Gasteiger partial charge in [-0.25, -0.2) is 0 Å². The fraction of sp³-hybridized carbons (Fsp3) is 0.417. The molecule has 2 aromatic rings. The number of hydrogen-bond acceptors (Lipinski definition) is 2. The summed E-state index contributed by atoms with van der Waals surface area (Å²) in [6.45, 7) is 8.35. The zero-order chi connectivity index (χ0) is 20.5. The van der Waals surface area contributed by atoms with Crippen molar-refractivity contribution in [1.29, 1.82) is 0 Å². The Labute approximate surface area is 169 Å². The molecule has 1 N–H and O–H groups in total. The van der Waals surface area contributed by atoms with Gasteiger partial charge in [0.05, 0.1) is 0 Å². The van der Waals surface area contributed by atoms with Gasteiger partial charge in [0.15, 0.2) is 0 Å². The van der Waals surface area contributed by atoms with Crippen LogP contribution in [0.25, 0.3) is 0 Å². The first-order valence-corrected chi connectivity index (χ1v) is 10.1. The van der Waals surface area contributed by atoms with Crippen LogP contribution in [-0.2, 0) is 22.6 Å². The van der Waals surface area contributed by atoms with E-state index in [0.717, 1.165) is 23.1 Å². The van der Waals surface area contributed by atoms with Crippen LogP contribution in [0.1, 0.15) is 50.3 Å². The molecule has 0 aliphatic rings. The monoisotopic (exact) mass is 380 g/mol. The summed E-state index contributed by atoms with van der Waals surface area (Å²) in [5, 5.41) is 3.08. The van der Waals surface area contributed by atoms with E-state index in [1.807, 2.05) is 82.3 Å². The maximum atomic E-state index is 13.1. The Bertz CT molecular complexity index is 773. The molecular weight excluding hydrogens is 348 g/mol. The molecule has 2 atom stereocenters. The van der Waals surface area contributed by atoms with E-state index >= 15 is 0 Å². The Morgan fingerprint density at radius 3 is 2.25 bits per heavy atom. The molecule has 150 valence electrons. The third kappa shape index (κ3) is 5.95. The fourth-order valence-electron chi connectivity index (χ4n) is 3.17. The van der Waals surface area contributed by atoms with E-state index in [-0.39, 0.29) is 17.9 Å². The van der Waals surface area contributed by atoms with Crippen molar-refractivity contribution in [3.05, 3.63) is 71.3 Å². The number of carbonyl (C=O) groups is 2. The second-order valence-electron chi connectivity index (χ2n) is 7.33. The van der Waals surface area contributed by atoms with Crippen LogP contribution in [0.15, 0.2) is 54.6 Å². The molecule has 28 heavy (non-hydrogen) atoms. The lowest BCUT2D eigenvalue weighted by Crippen LogP contribution is -2.52. The molecule has 0 aliphatic heterocycles. The first-order valence-electron chi connectivity index (χ1n) is 10.1. The van der Waals surface area contributed by atoms with E-state index in [9.17, 15) is 9.59 Å². The van der Waals surface area contributed by atoms with Crippen LogP contribution < -0.4 is 5.32 Å². The molecule has 0 saturated heterocycles. The van der Waals surface area contributed by atoms with Crippen LogP contribution in [0, 0.1) is 6.92 Å². The molecule has 4 heteroatoms. The molecule has 0 aliphatic carbocycles. The first-order chi connectivity index (χ1) is 13.5. The third-order valence-electron chi connectivity index (χ3n) is 5.18. The highest BCUT2D eigenvalue weighted by atomic mass is 16.2. The highest BCUT2D eigenvalue weighted by Crippen LogP contribution is 2.18. The maximum Gasteiger partial charge on any atom is 0.243 e. The number of nitrogens with one attached hydrogen (secondary N) is 1. The lowest BCUT2D eigenvalue weighted by molar-refractivity contribution is -0.141. The minimum atomic E-state index is -0.538. The van der Waals surface area contributed by atoms with Gasteiger partial charge in [-0.05, 0) is 37.0 Å². The molecule has 0 heterocycles. The van der Waals surface area contributed by atoms with Crippen molar-refractivity contribution in [2.45, 2.75) is 65.6 Å². The summed E-state index contributed by atoms with van der Waals surface area (Å²) in [6.07, 6.45) is 1.72. The molecule has 0 fully saturated rings. The molecule has 0 radical (unpaired) electrons. The van der Waals surface area contributed by atoms with Gasteiger partial charge < -0.3 is 10.2 Å². The van der Waals surface area contributed by atoms with Gasteiger partial charge in [-0.2, -0.15) is 0 Å². The van der Waals surface area contributed by atoms with Crippen molar-refractivity contribution >= 4 is 11.8 Å². The molecule has 2 rings (SSSR count). The Kier molecular flexibility index (Phi) is 8.24. The van der Waals surface area contributed by atoms with Crippen LogP contribution in [0.5, 0.6) is 0 Å². The molecule has 0 unspecified atom stereocenters. The number of rotatable bonds is 9. The van der Waals surface area contributed by atoms with E-state index in [1.54, 1.807) is 4.90 Å². The zero-order valence-electron chi connectivity index (χ0n) is 17.4. The van der Waals surface area contributed by atoms with E-state index in [1.165, 1.54) is 0 Å². The lowest BCUT2D eigenvalue weighted by Gasteiger charge is -2.32. The topological polar surface area (TPSA) is 49.4 Å². The number of nitrogens with zero attached hydrogens (tertiary/aromatic N) is 1. The molecule has 0 saturated carbocycles. The summed E-state index contributed by atoms with van der Waals surface area (Å²) in [7, 11) is 0. The van der Waals surface area contributed by atoms with E-state index in [4.69, 9.17) is 0 Å². The molecule has 0 bridgehead atoms. The summed E-state index contributed by atoms with van der Waals surface area (Å²) in [5.74, 6) is -0.0999. The van der Waals surface area contributed by atoms with Gasteiger partial charge in [0.25, 0.3) is 0 Å². The summed E-state index contributed by atoms with van der Waals surface area (Å²) >= 11 is 0. The van der Waals surface area contributed by atoms with E-state index in [0.29, 0.717) is 19.4 Å². The quantitative estimate of drug-likeness (QED) is 0.707. The Hall–Kier alpha value is -2.62. The van der Waals surface area contributed by atoms with Gasteiger partial charge in [0.1, 0.15) is 6.04 Å². The largest absolute Gasteiger partial charge is 0.352 e. The van der Waals surface area contributed by atoms with Crippen LogP contribution in [0.3, 0.4) is 0 Å². The molecule has 4 nitrogen and oxygen atoms in total.